The molecule has 4 heteroatoms. The first-order valence-corrected chi connectivity index (χ1v) is 5.41. The van der Waals surface area contributed by atoms with E-state index in [9.17, 15) is 0 Å². The van der Waals surface area contributed by atoms with Gasteiger partial charge in [0.05, 0.1) is 12.5 Å². The summed E-state index contributed by atoms with van der Waals surface area (Å²) < 4.78 is 2.03. The summed E-state index contributed by atoms with van der Waals surface area (Å²) in [5.41, 5.74) is 0.685. The van der Waals surface area contributed by atoms with Gasteiger partial charge in [0.2, 0.25) is 0 Å². The molecule has 0 amide bonds. The molecule has 1 aliphatic rings. The van der Waals surface area contributed by atoms with Crippen molar-refractivity contribution in [3.63, 3.8) is 0 Å². The molecule has 0 radical (unpaired) electrons. The van der Waals surface area contributed by atoms with Gasteiger partial charge in [0, 0.05) is 6.04 Å². The van der Waals surface area contributed by atoms with E-state index in [1.54, 1.807) is 12.5 Å². The molecule has 1 aromatic rings. The zero-order valence-electron chi connectivity index (χ0n) is 9.06. The molecular weight excluding hydrogens is 188 g/mol. The van der Waals surface area contributed by atoms with Gasteiger partial charge in [0.25, 0.3) is 0 Å². The first-order chi connectivity index (χ1) is 7.31. The largest absolute Gasteiger partial charge is 0.319 e. The normalized spacial score (nSPS) is 23.3. The lowest BCUT2D eigenvalue weighted by atomic mass is 10.1. The van der Waals surface area contributed by atoms with Gasteiger partial charge in [0.1, 0.15) is 11.8 Å². The SMILES string of the molecule is CN1CCCC(n2cncc2C#N)CC1. The van der Waals surface area contributed by atoms with Crippen LogP contribution < -0.4 is 0 Å². The molecule has 1 aliphatic heterocycles. The van der Waals surface area contributed by atoms with Crippen LogP contribution in [-0.4, -0.2) is 34.6 Å². The summed E-state index contributed by atoms with van der Waals surface area (Å²) in [5, 5.41) is 8.94. The molecule has 1 aromatic heterocycles. The van der Waals surface area contributed by atoms with Crippen molar-refractivity contribution in [2.75, 3.05) is 20.1 Å². The minimum absolute atomic E-state index is 0.451. The first kappa shape index (κ1) is 10.2. The van der Waals surface area contributed by atoms with Crippen LogP contribution in [0, 0.1) is 11.3 Å². The molecule has 15 heavy (non-hydrogen) atoms. The Morgan fingerprint density at radius 2 is 2.33 bits per heavy atom. The zero-order valence-corrected chi connectivity index (χ0v) is 9.06. The molecular formula is C11H16N4. The minimum Gasteiger partial charge on any atom is -0.319 e. The number of aromatic nitrogens is 2. The van der Waals surface area contributed by atoms with Crippen LogP contribution in [-0.2, 0) is 0 Å². The Bertz CT molecular complexity index is 363. The number of nitriles is 1. The second-order valence-corrected chi connectivity index (χ2v) is 4.19. The van der Waals surface area contributed by atoms with Gasteiger partial charge in [-0.3, -0.25) is 0 Å². The molecule has 0 bridgehead atoms. The van der Waals surface area contributed by atoms with Gasteiger partial charge in [-0.15, -0.1) is 0 Å². The number of likely N-dealkylation sites (tertiary alicyclic amines) is 1. The van der Waals surface area contributed by atoms with E-state index in [0.717, 1.165) is 25.9 Å². The molecule has 0 N–H and O–H groups in total. The molecule has 1 saturated heterocycles. The van der Waals surface area contributed by atoms with Crippen molar-refractivity contribution < 1.29 is 0 Å². The maximum Gasteiger partial charge on any atom is 0.140 e. The van der Waals surface area contributed by atoms with Gasteiger partial charge in [-0.25, -0.2) is 4.98 Å². The summed E-state index contributed by atoms with van der Waals surface area (Å²) in [4.78, 5) is 6.39. The molecule has 1 atom stereocenters. The number of nitrogens with zero attached hydrogens (tertiary/aromatic N) is 4. The fourth-order valence-corrected chi connectivity index (χ4v) is 2.18. The molecule has 4 nitrogen and oxygen atoms in total. The monoisotopic (exact) mass is 204 g/mol. The first-order valence-electron chi connectivity index (χ1n) is 5.41. The van der Waals surface area contributed by atoms with E-state index in [1.165, 1.54) is 6.42 Å². The zero-order chi connectivity index (χ0) is 10.7. The van der Waals surface area contributed by atoms with Crippen LogP contribution in [0.1, 0.15) is 31.0 Å². The van der Waals surface area contributed by atoms with Crippen LogP contribution >= 0.6 is 0 Å². The van der Waals surface area contributed by atoms with Gasteiger partial charge in [0.15, 0.2) is 0 Å². The van der Waals surface area contributed by atoms with E-state index >= 15 is 0 Å². The van der Waals surface area contributed by atoms with Gasteiger partial charge in [-0.1, -0.05) is 0 Å². The van der Waals surface area contributed by atoms with E-state index in [2.05, 4.69) is 23.0 Å². The lowest BCUT2D eigenvalue weighted by Gasteiger charge is -2.17. The third kappa shape index (κ3) is 2.18. The molecule has 0 aromatic carbocycles. The van der Waals surface area contributed by atoms with Gasteiger partial charge < -0.3 is 9.47 Å². The summed E-state index contributed by atoms with van der Waals surface area (Å²) in [6.07, 6.45) is 6.89. The smallest absolute Gasteiger partial charge is 0.140 e. The molecule has 0 saturated carbocycles. The summed E-state index contributed by atoms with van der Waals surface area (Å²) >= 11 is 0. The highest BCUT2D eigenvalue weighted by Gasteiger charge is 2.17. The third-order valence-corrected chi connectivity index (χ3v) is 3.10. The lowest BCUT2D eigenvalue weighted by Crippen LogP contribution is -2.19. The number of hydrogen-bond donors (Lipinski definition) is 0. The van der Waals surface area contributed by atoms with Gasteiger partial charge in [-0.2, -0.15) is 5.26 Å². The van der Waals surface area contributed by atoms with Crippen molar-refractivity contribution in [1.29, 1.82) is 5.26 Å². The summed E-state index contributed by atoms with van der Waals surface area (Å²) in [6, 6.07) is 2.64. The molecule has 2 rings (SSSR count). The predicted octanol–water partition coefficient (Wildman–Crippen LogP) is 1.41. The van der Waals surface area contributed by atoms with Crippen molar-refractivity contribution in [2.45, 2.75) is 25.3 Å². The van der Waals surface area contributed by atoms with Crippen LogP contribution in [0.2, 0.25) is 0 Å². The van der Waals surface area contributed by atoms with Crippen molar-refractivity contribution in [3.8, 4) is 6.07 Å². The van der Waals surface area contributed by atoms with Gasteiger partial charge >= 0.3 is 0 Å². The third-order valence-electron chi connectivity index (χ3n) is 3.10. The summed E-state index contributed by atoms with van der Waals surface area (Å²) in [5.74, 6) is 0. The molecule has 2 heterocycles. The van der Waals surface area contributed by atoms with Gasteiger partial charge in [-0.05, 0) is 39.4 Å². The van der Waals surface area contributed by atoms with Crippen LogP contribution in [0.25, 0.3) is 0 Å². The van der Waals surface area contributed by atoms with Crippen LogP contribution in [0.5, 0.6) is 0 Å². The van der Waals surface area contributed by atoms with Crippen LogP contribution in [0.3, 0.4) is 0 Å². The Balaban J connectivity index is 2.13. The highest BCUT2D eigenvalue weighted by atomic mass is 15.1. The average Bonchev–Trinajstić information content (AvgIpc) is 2.61. The van der Waals surface area contributed by atoms with Crippen LogP contribution in [0.4, 0.5) is 0 Å². The number of imidazole rings is 1. The van der Waals surface area contributed by atoms with Crippen molar-refractivity contribution in [1.82, 2.24) is 14.5 Å². The Morgan fingerprint density at radius 3 is 3.13 bits per heavy atom. The maximum absolute atomic E-state index is 8.94. The summed E-state index contributed by atoms with van der Waals surface area (Å²) in [6.45, 7) is 2.26. The Morgan fingerprint density at radius 1 is 1.47 bits per heavy atom. The van der Waals surface area contributed by atoms with E-state index in [-0.39, 0.29) is 0 Å². The highest BCUT2D eigenvalue weighted by molar-refractivity contribution is 5.18. The average molecular weight is 204 g/mol. The quantitative estimate of drug-likeness (QED) is 0.694. The lowest BCUT2D eigenvalue weighted by molar-refractivity contribution is 0.341. The standard InChI is InChI=1S/C11H16N4/c1-14-5-2-3-10(4-6-14)15-9-13-8-11(15)7-12/h8-10H,2-6H2,1H3. The molecule has 1 unspecified atom stereocenters. The number of hydrogen-bond acceptors (Lipinski definition) is 3. The molecule has 0 spiro atoms. The molecule has 1 fully saturated rings. The fraction of sp³-hybridized carbons (Fsp3) is 0.636. The van der Waals surface area contributed by atoms with Crippen molar-refractivity contribution >= 4 is 0 Å². The molecule has 80 valence electrons. The minimum atomic E-state index is 0.451. The van der Waals surface area contributed by atoms with Crippen molar-refractivity contribution in [2.24, 2.45) is 0 Å². The summed E-state index contributed by atoms with van der Waals surface area (Å²) in [7, 11) is 2.15. The van der Waals surface area contributed by atoms with Crippen LogP contribution in [0.15, 0.2) is 12.5 Å². The highest BCUT2D eigenvalue weighted by Crippen LogP contribution is 2.23. The topological polar surface area (TPSA) is 44.9 Å². The Hall–Kier alpha value is -1.34. The van der Waals surface area contributed by atoms with E-state index in [4.69, 9.17) is 5.26 Å². The predicted molar refractivity (Wildman–Crippen MR) is 57.3 cm³/mol. The van der Waals surface area contributed by atoms with E-state index in [1.807, 2.05) is 4.57 Å². The Labute approximate surface area is 90.1 Å². The maximum atomic E-state index is 8.94. The Kier molecular flexibility index (Phi) is 3.02. The second-order valence-electron chi connectivity index (χ2n) is 4.19. The molecule has 0 aliphatic carbocycles. The number of rotatable bonds is 1. The second kappa shape index (κ2) is 4.45. The van der Waals surface area contributed by atoms with E-state index < -0.39 is 0 Å². The van der Waals surface area contributed by atoms with Crippen molar-refractivity contribution in [3.05, 3.63) is 18.2 Å². The van der Waals surface area contributed by atoms with E-state index in [0.29, 0.717) is 11.7 Å². The fourth-order valence-electron chi connectivity index (χ4n) is 2.18.